The molecule has 1 aromatic carbocycles. The Labute approximate surface area is 97.8 Å². The van der Waals surface area contributed by atoms with Crippen LogP contribution in [0.5, 0.6) is 0 Å². The van der Waals surface area contributed by atoms with E-state index in [0.717, 1.165) is 0 Å². The maximum Gasteiger partial charge on any atom is 0.487 e. The first-order chi connectivity index (χ1) is 8.03. The molecule has 1 aromatic rings. The molecule has 0 atom stereocenters. The lowest BCUT2D eigenvalue weighted by Crippen LogP contribution is -2.39. The van der Waals surface area contributed by atoms with Gasteiger partial charge in [0.1, 0.15) is 0 Å². The minimum absolute atomic E-state index is 0.470. The number of hydrogen-bond donors (Lipinski definition) is 0. The van der Waals surface area contributed by atoms with Crippen LogP contribution < -0.4 is 0 Å². The number of benzene rings is 1. The van der Waals surface area contributed by atoms with Gasteiger partial charge < -0.3 is 0 Å². The molecule has 0 bridgehead atoms. The van der Waals surface area contributed by atoms with Gasteiger partial charge >= 0.3 is 12.5 Å². The first-order valence-electron chi connectivity index (χ1n) is 4.55. The van der Waals surface area contributed by atoms with Crippen LogP contribution in [0.25, 0.3) is 0 Å². The molecule has 1 amide bonds. The molecule has 0 heterocycles. The topological polar surface area (TPSA) is 20.3 Å². The first-order valence-corrected chi connectivity index (χ1v) is 4.55. The van der Waals surface area contributed by atoms with Crippen molar-refractivity contribution in [3.63, 3.8) is 0 Å². The van der Waals surface area contributed by atoms with E-state index in [1.807, 2.05) is 0 Å². The standard InChI is InChI=1S/C10H7F6NO/c1-17(10(14,15)16)8(18)6-2-4-7(5-3-6)9(11,12)13/h2-5H,1H3. The lowest BCUT2D eigenvalue weighted by Gasteiger charge is -2.20. The highest BCUT2D eigenvalue weighted by Gasteiger charge is 2.38. The highest BCUT2D eigenvalue weighted by atomic mass is 19.4. The summed E-state index contributed by atoms with van der Waals surface area (Å²) in [7, 11) is 0.500. The van der Waals surface area contributed by atoms with Crippen LogP contribution in [0.3, 0.4) is 0 Å². The zero-order valence-electron chi connectivity index (χ0n) is 8.93. The molecule has 8 heteroatoms. The van der Waals surface area contributed by atoms with Crippen molar-refractivity contribution < 1.29 is 31.1 Å². The summed E-state index contributed by atoms with van der Waals surface area (Å²) < 4.78 is 73.1. The van der Waals surface area contributed by atoms with E-state index in [-0.39, 0.29) is 0 Å². The van der Waals surface area contributed by atoms with Gasteiger partial charge in [0.25, 0.3) is 5.91 Å². The Kier molecular flexibility index (Phi) is 3.59. The average molecular weight is 271 g/mol. The van der Waals surface area contributed by atoms with Gasteiger partial charge in [0, 0.05) is 12.6 Å². The predicted octanol–water partition coefficient (Wildman–Crippen LogP) is 3.30. The van der Waals surface area contributed by atoms with Crippen molar-refractivity contribution in [3.8, 4) is 0 Å². The molecule has 0 saturated heterocycles. The molecule has 0 unspecified atom stereocenters. The van der Waals surface area contributed by atoms with E-state index in [0.29, 0.717) is 31.3 Å². The molecule has 0 aliphatic heterocycles. The summed E-state index contributed by atoms with van der Waals surface area (Å²) >= 11 is 0. The number of amides is 1. The third-order valence-electron chi connectivity index (χ3n) is 2.14. The third kappa shape index (κ3) is 3.14. The molecule has 0 aliphatic carbocycles. The molecule has 2 nitrogen and oxygen atoms in total. The van der Waals surface area contributed by atoms with Gasteiger partial charge in [-0.1, -0.05) is 0 Å². The van der Waals surface area contributed by atoms with Gasteiger partial charge in [0.2, 0.25) is 0 Å². The van der Waals surface area contributed by atoms with E-state index in [1.54, 1.807) is 0 Å². The fourth-order valence-corrected chi connectivity index (χ4v) is 1.11. The minimum atomic E-state index is -4.88. The first kappa shape index (κ1) is 14.3. The Morgan fingerprint density at radius 3 is 1.78 bits per heavy atom. The van der Waals surface area contributed by atoms with Crippen molar-refractivity contribution in [1.29, 1.82) is 0 Å². The Morgan fingerprint density at radius 2 is 1.44 bits per heavy atom. The zero-order valence-corrected chi connectivity index (χ0v) is 8.93. The van der Waals surface area contributed by atoms with Gasteiger partial charge in [-0.2, -0.15) is 13.2 Å². The van der Waals surface area contributed by atoms with Crippen molar-refractivity contribution in [2.75, 3.05) is 7.05 Å². The van der Waals surface area contributed by atoms with E-state index in [9.17, 15) is 31.1 Å². The lowest BCUT2D eigenvalue weighted by atomic mass is 10.1. The van der Waals surface area contributed by atoms with Crippen LogP contribution in [0.4, 0.5) is 26.3 Å². The molecule has 100 valence electrons. The highest BCUT2D eigenvalue weighted by molar-refractivity contribution is 5.94. The van der Waals surface area contributed by atoms with Gasteiger partial charge in [0.05, 0.1) is 5.56 Å². The molecule has 18 heavy (non-hydrogen) atoms. The zero-order chi connectivity index (χ0) is 14.1. The number of nitrogens with zero attached hydrogens (tertiary/aromatic N) is 1. The molecule has 0 aliphatic rings. The summed E-state index contributed by atoms with van der Waals surface area (Å²) in [6.45, 7) is 0. The number of carbonyl (C=O) groups excluding carboxylic acids is 1. The van der Waals surface area contributed by atoms with Crippen LogP contribution >= 0.6 is 0 Å². The van der Waals surface area contributed by atoms with E-state index >= 15 is 0 Å². The van der Waals surface area contributed by atoms with Gasteiger partial charge in [-0.15, -0.1) is 13.2 Å². The van der Waals surface area contributed by atoms with E-state index in [4.69, 9.17) is 0 Å². The van der Waals surface area contributed by atoms with Crippen molar-refractivity contribution >= 4 is 5.91 Å². The molecule has 0 aromatic heterocycles. The SMILES string of the molecule is CN(C(=O)c1ccc(C(F)(F)F)cc1)C(F)(F)F. The minimum Gasteiger partial charge on any atom is -0.269 e. The van der Waals surface area contributed by atoms with E-state index in [1.165, 1.54) is 0 Å². The second kappa shape index (κ2) is 4.51. The number of alkyl halides is 6. The van der Waals surface area contributed by atoms with Gasteiger partial charge in [-0.25, -0.2) is 0 Å². The third-order valence-corrected chi connectivity index (χ3v) is 2.14. The average Bonchev–Trinajstić information content (AvgIpc) is 2.25. The van der Waals surface area contributed by atoms with Crippen molar-refractivity contribution in [1.82, 2.24) is 4.90 Å². The van der Waals surface area contributed by atoms with Gasteiger partial charge in [-0.05, 0) is 24.3 Å². The Balaban J connectivity index is 2.96. The summed E-state index contributed by atoms with van der Waals surface area (Å²) in [5.41, 5.74) is -1.50. The van der Waals surface area contributed by atoms with E-state index < -0.39 is 34.4 Å². The fraction of sp³-hybridized carbons (Fsp3) is 0.300. The van der Waals surface area contributed by atoms with Crippen LogP contribution in [-0.4, -0.2) is 24.2 Å². The molecule has 0 radical (unpaired) electrons. The van der Waals surface area contributed by atoms with Gasteiger partial charge in [0.15, 0.2) is 0 Å². The summed E-state index contributed by atoms with van der Waals surface area (Å²) in [5.74, 6) is -1.42. The van der Waals surface area contributed by atoms with Crippen molar-refractivity contribution in [2.45, 2.75) is 12.5 Å². The van der Waals surface area contributed by atoms with Crippen molar-refractivity contribution in [3.05, 3.63) is 35.4 Å². The maximum absolute atomic E-state index is 12.2. The van der Waals surface area contributed by atoms with Crippen LogP contribution in [0.15, 0.2) is 24.3 Å². The van der Waals surface area contributed by atoms with Crippen LogP contribution in [0, 0.1) is 0 Å². The maximum atomic E-state index is 12.2. The molecule has 0 saturated carbocycles. The summed E-state index contributed by atoms with van der Waals surface area (Å²) in [5, 5.41) is 0. The molecule has 1 rings (SSSR count). The second-order valence-electron chi connectivity index (χ2n) is 3.41. The highest BCUT2D eigenvalue weighted by Crippen LogP contribution is 2.29. The monoisotopic (exact) mass is 271 g/mol. The lowest BCUT2D eigenvalue weighted by molar-refractivity contribution is -0.216. The smallest absolute Gasteiger partial charge is 0.269 e. The largest absolute Gasteiger partial charge is 0.487 e. The second-order valence-corrected chi connectivity index (χ2v) is 3.41. The summed E-state index contributed by atoms with van der Waals surface area (Å²) in [6.07, 6.45) is -9.47. The van der Waals surface area contributed by atoms with Crippen LogP contribution in [0.1, 0.15) is 15.9 Å². The molecule has 0 spiro atoms. The molecular formula is C10H7F6NO. The number of carbonyl (C=O) groups is 1. The fourth-order valence-electron chi connectivity index (χ4n) is 1.11. The Bertz CT molecular complexity index is 433. The molecule has 0 N–H and O–H groups in total. The normalized spacial score (nSPS) is 12.4. The quantitative estimate of drug-likeness (QED) is 0.567. The number of hydrogen-bond acceptors (Lipinski definition) is 1. The Hall–Kier alpha value is -1.73. The van der Waals surface area contributed by atoms with Crippen LogP contribution in [0.2, 0.25) is 0 Å². The number of rotatable bonds is 1. The Morgan fingerprint density at radius 1 is 1.00 bits per heavy atom. The van der Waals surface area contributed by atoms with Crippen molar-refractivity contribution in [2.24, 2.45) is 0 Å². The molecule has 0 fully saturated rings. The predicted molar refractivity (Wildman–Crippen MR) is 49.6 cm³/mol. The molecular weight excluding hydrogens is 264 g/mol. The van der Waals surface area contributed by atoms with E-state index in [2.05, 4.69) is 0 Å². The summed E-state index contributed by atoms with van der Waals surface area (Å²) in [4.78, 5) is 10.8. The number of halogens is 6. The van der Waals surface area contributed by atoms with Gasteiger partial charge in [-0.3, -0.25) is 9.69 Å². The van der Waals surface area contributed by atoms with Crippen LogP contribution in [-0.2, 0) is 6.18 Å². The summed E-state index contributed by atoms with van der Waals surface area (Å²) in [6, 6.07) is 2.51.